The summed E-state index contributed by atoms with van der Waals surface area (Å²) in [7, 11) is -1.57. The Bertz CT molecular complexity index is 742. The molecule has 2 aromatic rings. The second kappa shape index (κ2) is 4.95. The number of thiophene rings is 1. The molecule has 1 aromatic heterocycles. The number of para-hydroxylation sites is 2. The topological polar surface area (TPSA) is 40.6 Å². The minimum absolute atomic E-state index is 0.279. The smallest absolute Gasteiger partial charge is 0.274 e. The molecule has 0 saturated carbocycles. The molecule has 1 aliphatic rings. The highest BCUT2D eigenvalue weighted by Crippen LogP contribution is 2.37. The van der Waals surface area contributed by atoms with E-state index in [0.717, 1.165) is 17.0 Å². The Morgan fingerprint density at radius 3 is 2.45 bits per heavy atom. The first kappa shape index (κ1) is 13.7. The number of rotatable bonds is 2. The van der Waals surface area contributed by atoms with Crippen LogP contribution in [0.25, 0.3) is 0 Å². The third-order valence-electron chi connectivity index (χ3n) is 3.29. The maximum absolute atomic E-state index is 12.7. The largest absolute Gasteiger partial charge is 0.371 e. The van der Waals surface area contributed by atoms with E-state index in [2.05, 4.69) is 4.90 Å². The third kappa shape index (κ3) is 2.17. The molecule has 1 aliphatic heterocycles. The number of hydrogen-bond acceptors (Lipinski definition) is 4. The van der Waals surface area contributed by atoms with Crippen LogP contribution in [0.2, 0.25) is 4.34 Å². The summed E-state index contributed by atoms with van der Waals surface area (Å²) in [5.74, 6) is 0. The summed E-state index contributed by atoms with van der Waals surface area (Å²) >= 11 is 6.94. The van der Waals surface area contributed by atoms with E-state index in [1.54, 1.807) is 12.1 Å². The first-order valence-corrected chi connectivity index (χ1v) is 8.72. The first-order chi connectivity index (χ1) is 9.50. The van der Waals surface area contributed by atoms with Crippen LogP contribution in [0.1, 0.15) is 0 Å². The van der Waals surface area contributed by atoms with Crippen LogP contribution >= 0.6 is 22.9 Å². The molecule has 0 fully saturated rings. The fourth-order valence-electron chi connectivity index (χ4n) is 2.27. The van der Waals surface area contributed by atoms with Crippen LogP contribution in [-0.4, -0.2) is 28.6 Å². The molecule has 106 valence electrons. The molecule has 0 N–H and O–H groups in total. The van der Waals surface area contributed by atoms with E-state index in [0.29, 0.717) is 23.1 Å². The number of hydrogen-bond donors (Lipinski definition) is 0. The van der Waals surface area contributed by atoms with Gasteiger partial charge in [0.2, 0.25) is 0 Å². The van der Waals surface area contributed by atoms with Crippen molar-refractivity contribution in [2.75, 3.05) is 29.3 Å². The van der Waals surface area contributed by atoms with Crippen molar-refractivity contribution in [2.45, 2.75) is 4.21 Å². The highest BCUT2D eigenvalue weighted by atomic mass is 35.5. The van der Waals surface area contributed by atoms with E-state index in [9.17, 15) is 8.42 Å². The molecule has 0 aliphatic carbocycles. The number of halogens is 1. The minimum atomic E-state index is -3.54. The van der Waals surface area contributed by atoms with Crippen LogP contribution in [0.5, 0.6) is 0 Å². The number of sulfonamides is 1. The standard InChI is InChI=1S/C13H13ClN2O2S2/c1-15-8-9-16(11-5-3-2-4-10(11)15)20(17,18)13-7-6-12(14)19-13/h2-7H,8-9H2,1H3. The second-order valence-electron chi connectivity index (χ2n) is 4.55. The summed E-state index contributed by atoms with van der Waals surface area (Å²) in [6.45, 7) is 1.10. The van der Waals surface area contributed by atoms with E-state index in [-0.39, 0.29) is 4.21 Å². The van der Waals surface area contributed by atoms with E-state index in [4.69, 9.17) is 11.6 Å². The molecule has 20 heavy (non-hydrogen) atoms. The number of nitrogens with zero attached hydrogens (tertiary/aromatic N) is 2. The van der Waals surface area contributed by atoms with Crippen molar-refractivity contribution >= 4 is 44.3 Å². The number of benzene rings is 1. The average molecular weight is 329 g/mol. The Labute approximate surface area is 127 Å². The number of anilines is 2. The third-order valence-corrected chi connectivity index (χ3v) is 6.80. The Balaban J connectivity index is 2.10. The van der Waals surface area contributed by atoms with Crippen LogP contribution in [-0.2, 0) is 10.0 Å². The SMILES string of the molecule is CN1CCN(S(=O)(=O)c2ccc(Cl)s2)c2ccccc21. The highest BCUT2D eigenvalue weighted by Gasteiger charge is 2.31. The molecule has 0 atom stereocenters. The van der Waals surface area contributed by atoms with Gasteiger partial charge in [-0.15, -0.1) is 11.3 Å². The van der Waals surface area contributed by atoms with Gasteiger partial charge in [-0.25, -0.2) is 8.42 Å². The van der Waals surface area contributed by atoms with Crippen molar-refractivity contribution in [1.29, 1.82) is 0 Å². The van der Waals surface area contributed by atoms with Crippen molar-refractivity contribution in [2.24, 2.45) is 0 Å². The van der Waals surface area contributed by atoms with Crippen molar-refractivity contribution in [3.63, 3.8) is 0 Å². The lowest BCUT2D eigenvalue weighted by molar-refractivity contribution is 0.591. The average Bonchev–Trinajstić information content (AvgIpc) is 2.87. The van der Waals surface area contributed by atoms with Gasteiger partial charge in [-0.05, 0) is 24.3 Å². The van der Waals surface area contributed by atoms with Gasteiger partial charge in [-0.2, -0.15) is 0 Å². The van der Waals surface area contributed by atoms with Crippen molar-refractivity contribution in [1.82, 2.24) is 0 Å². The molecule has 0 amide bonds. The predicted octanol–water partition coefficient (Wildman–Crippen LogP) is 3.05. The fraction of sp³-hybridized carbons (Fsp3) is 0.231. The van der Waals surface area contributed by atoms with Crippen molar-refractivity contribution in [3.05, 3.63) is 40.7 Å². The van der Waals surface area contributed by atoms with Crippen LogP contribution in [0.3, 0.4) is 0 Å². The van der Waals surface area contributed by atoms with Gasteiger partial charge < -0.3 is 4.90 Å². The first-order valence-electron chi connectivity index (χ1n) is 6.08. The van der Waals surface area contributed by atoms with Crippen LogP contribution in [0.15, 0.2) is 40.6 Å². The lowest BCUT2D eigenvalue weighted by Crippen LogP contribution is -2.42. The number of likely N-dealkylation sites (N-methyl/N-ethyl adjacent to an activating group) is 1. The predicted molar refractivity (Wildman–Crippen MR) is 83.6 cm³/mol. The summed E-state index contributed by atoms with van der Waals surface area (Å²) in [5.41, 5.74) is 1.63. The van der Waals surface area contributed by atoms with Gasteiger partial charge in [0.25, 0.3) is 10.0 Å². The Morgan fingerprint density at radius 1 is 1.10 bits per heavy atom. The van der Waals surface area contributed by atoms with Gasteiger partial charge >= 0.3 is 0 Å². The monoisotopic (exact) mass is 328 g/mol. The molecule has 0 radical (unpaired) electrons. The summed E-state index contributed by atoms with van der Waals surface area (Å²) in [4.78, 5) is 2.06. The highest BCUT2D eigenvalue weighted by molar-refractivity contribution is 7.94. The van der Waals surface area contributed by atoms with E-state index in [1.165, 1.54) is 4.31 Å². The van der Waals surface area contributed by atoms with Crippen LogP contribution in [0.4, 0.5) is 11.4 Å². The molecule has 3 rings (SSSR count). The Hall–Kier alpha value is -1.24. The summed E-state index contributed by atoms with van der Waals surface area (Å²) in [5, 5.41) is 0. The zero-order chi connectivity index (χ0) is 14.3. The van der Waals surface area contributed by atoms with Gasteiger partial charge in [0, 0.05) is 13.6 Å². The normalized spacial score (nSPS) is 15.3. The zero-order valence-electron chi connectivity index (χ0n) is 10.8. The molecule has 0 bridgehead atoms. The lowest BCUT2D eigenvalue weighted by atomic mass is 10.2. The molecule has 2 heterocycles. The van der Waals surface area contributed by atoms with Gasteiger partial charge in [-0.3, -0.25) is 4.31 Å². The molecular weight excluding hydrogens is 316 g/mol. The van der Waals surface area contributed by atoms with E-state index in [1.807, 2.05) is 31.3 Å². The molecule has 0 unspecified atom stereocenters. The number of fused-ring (bicyclic) bond motifs is 1. The lowest BCUT2D eigenvalue weighted by Gasteiger charge is -2.35. The van der Waals surface area contributed by atoms with Gasteiger partial charge in [0.05, 0.1) is 22.3 Å². The molecule has 0 saturated heterocycles. The minimum Gasteiger partial charge on any atom is -0.371 e. The maximum Gasteiger partial charge on any atom is 0.274 e. The van der Waals surface area contributed by atoms with E-state index >= 15 is 0 Å². The summed E-state index contributed by atoms with van der Waals surface area (Å²) in [6, 6.07) is 10.7. The summed E-state index contributed by atoms with van der Waals surface area (Å²) in [6.07, 6.45) is 0. The molecular formula is C13H13ClN2O2S2. The zero-order valence-corrected chi connectivity index (χ0v) is 13.2. The maximum atomic E-state index is 12.7. The Morgan fingerprint density at radius 2 is 1.80 bits per heavy atom. The van der Waals surface area contributed by atoms with Gasteiger partial charge in [0.1, 0.15) is 4.21 Å². The van der Waals surface area contributed by atoms with Crippen LogP contribution < -0.4 is 9.21 Å². The van der Waals surface area contributed by atoms with E-state index < -0.39 is 10.0 Å². The van der Waals surface area contributed by atoms with Gasteiger partial charge in [-0.1, -0.05) is 23.7 Å². The van der Waals surface area contributed by atoms with Crippen molar-refractivity contribution < 1.29 is 8.42 Å². The quantitative estimate of drug-likeness (QED) is 0.850. The fourth-order valence-corrected chi connectivity index (χ4v) is 5.34. The molecule has 1 aromatic carbocycles. The molecule has 0 spiro atoms. The molecule has 4 nitrogen and oxygen atoms in total. The summed E-state index contributed by atoms with van der Waals surface area (Å²) < 4.78 is 27.7. The van der Waals surface area contributed by atoms with Crippen LogP contribution in [0, 0.1) is 0 Å². The Kier molecular flexibility index (Phi) is 3.40. The second-order valence-corrected chi connectivity index (χ2v) is 8.35. The van der Waals surface area contributed by atoms with Crippen molar-refractivity contribution in [3.8, 4) is 0 Å². The molecule has 7 heteroatoms. The van der Waals surface area contributed by atoms with Gasteiger partial charge in [0.15, 0.2) is 0 Å².